The average molecular weight is 281 g/mol. The lowest BCUT2D eigenvalue weighted by molar-refractivity contribution is -0.122. The normalized spacial score (nSPS) is 10.2. The highest BCUT2D eigenvalue weighted by molar-refractivity contribution is 5.75. The van der Waals surface area contributed by atoms with E-state index in [-0.39, 0.29) is 13.2 Å². The van der Waals surface area contributed by atoms with Gasteiger partial charge in [-0.15, -0.1) is 0 Å². The molecular formula is C13H19N3O4. The van der Waals surface area contributed by atoms with Crippen LogP contribution in [0, 0.1) is 0 Å². The third-order valence-electron chi connectivity index (χ3n) is 2.30. The largest absolute Gasteiger partial charge is 0.484 e. The van der Waals surface area contributed by atoms with Gasteiger partial charge in [0, 0.05) is 13.1 Å². The molecule has 5 N–H and O–H groups in total. The zero-order valence-electron chi connectivity index (χ0n) is 11.1. The second-order valence-corrected chi connectivity index (χ2v) is 4.09. The molecule has 1 aromatic rings. The number of amides is 2. The maximum absolute atomic E-state index is 10.6. The van der Waals surface area contributed by atoms with E-state index in [4.69, 9.17) is 20.9 Å². The Morgan fingerprint density at radius 1 is 1.05 bits per heavy atom. The number of nitrogens with one attached hydrogen (secondary N) is 1. The van der Waals surface area contributed by atoms with Crippen molar-refractivity contribution in [3.63, 3.8) is 0 Å². The molecule has 2 amide bonds. The van der Waals surface area contributed by atoms with Crippen molar-refractivity contribution in [2.75, 3.05) is 26.4 Å². The van der Waals surface area contributed by atoms with Crippen molar-refractivity contribution in [3.8, 4) is 5.75 Å². The van der Waals surface area contributed by atoms with Crippen molar-refractivity contribution in [2.24, 2.45) is 11.5 Å². The molecular weight excluding hydrogens is 262 g/mol. The molecule has 7 nitrogen and oxygen atoms in total. The first-order valence-corrected chi connectivity index (χ1v) is 6.14. The van der Waals surface area contributed by atoms with Gasteiger partial charge in [0.15, 0.2) is 6.61 Å². The van der Waals surface area contributed by atoms with E-state index < -0.39 is 11.8 Å². The van der Waals surface area contributed by atoms with E-state index in [2.05, 4.69) is 5.32 Å². The number of primary amides is 2. The summed E-state index contributed by atoms with van der Waals surface area (Å²) in [7, 11) is 0. The molecule has 0 unspecified atom stereocenters. The van der Waals surface area contributed by atoms with Gasteiger partial charge in [0.25, 0.3) is 5.91 Å². The maximum Gasteiger partial charge on any atom is 0.255 e. The van der Waals surface area contributed by atoms with Gasteiger partial charge in [-0.05, 0) is 17.7 Å². The highest BCUT2D eigenvalue weighted by Gasteiger charge is 1.98. The standard InChI is InChI=1S/C13H19N3O4/c14-12(17)8-19-6-5-16-7-10-1-3-11(4-2-10)20-9-13(15)18/h1-4,16H,5-9H2,(H2,14,17)(H2,15,18). The van der Waals surface area contributed by atoms with Gasteiger partial charge >= 0.3 is 0 Å². The third-order valence-corrected chi connectivity index (χ3v) is 2.30. The Labute approximate surface area is 117 Å². The molecule has 20 heavy (non-hydrogen) atoms. The van der Waals surface area contributed by atoms with Crippen LogP contribution in [-0.2, 0) is 20.9 Å². The predicted octanol–water partition coefficient (Wildman–Crippen LogP) is -0.858. The second-order valence-electron chi connectivity index (χ2n) is 4.09. The van der Waals surface area contributed by atoms with E-state index in [1.165, 1.54) is 0 Å². The first-order chi connectivity index (χ1) is 9.58. The molecule has 0 aromatic heterocycles. The Kier molecular flexibility index (Phi) is 7.08. The maximum atomic E-state index is 10.6. The van der Waals surface area contributed by atoms with E-state index in [1.807, 2.05) is 12.1 Å². The Bertz CT molecular complexity index is 434. The highest BCUT2D eigenvalue weighted by Crippen LogP contribution is 2.11. The topological polar surface area (TPSA) is 117 Å². The monoisotopic (exact) mass is 281 g/mol. The lowest BCUT2D eigenvalue weighted by atomic mass is 10.2. The summed E-state index contributed by atoms with van der Waals surface area (Å²) in [5.41, 5.74) is 11.0. The number of benzene rings is 1. The van der Waals surface area contributed by atoms with Crippen LogP contribution in [0.3, 0.4) is 0 Å². The average Bonchev–Trinajstić information content (AvgIpc) is 2.41. The molecule has 0 bridgehead atoms. The Balaban J connectivity index is 2.18. The fraction of sp³-hybridized carbons (Fsp3) is 0.385. The van der Waals surface area contributed by atoms with E-state index in [0.717, 1.165) is 5.56 Å². The zero-order valence-corrected chi connectivity index (χ0v) is 11.1. The van der Waals surface area contributed by atoms with Crippen LogP contribution in [-0.4, -0.2) is 38.2 Å². The molecule has 0 radical (unpaired) electrons. The zero-order chi connectivity index (χ0) is 14.8. The minimum atomic E-state index is -0.508. The molecule has 0 saturated carbocycles. The number of nitrogens with two attached hydrogens (primary N) is 2. The fourth-order valence-corrected chi connectivity index (χ4v) is 1.41. The van der Waals surface area contributed by atoms with Crippen molar-refractivity contribution >= 4 is 11.8 Å². The molecule has 0 atom stereocenters. The number of hydrogen-bond donors (Lipinski definition) is 3. The SMILES string of the molecule is NC(=O)COCCNCc1ccc(OCC(N)=O)cc1. The van der Waals surface area contributed by atoms with Crippen molar-refractivity contribution in [1.82, 2.24) is 5.32 Å². The lowest BCUT2D eigenvalue weighted by Gasteiger charge is -2.07. The van der Waals surface area contributed by atoms with E-state index >= 15 is 0 Å². The number of carbonyl (C=O) groups excluding carboxylic acids is 2. The Hall–Kier alpha value is -2.12. The third kappa shape index (κ3) is 7.34. The molecule has 7 heteroatoms. The fourth-order valence-electron chi connectivity index (χ4n) is 1.41. The summed E-state index contributed by atoms with van der Waals surface area (Å²) in [6, 6.07) is 7.30. The first-order valence-electron chi connectivity index (χ1n) is 6.14. The number of hydrogen-bond acceptors (Lipinski definition) is 5. The summed E-state index contributed by atoms with van der Waals surface area (Å²) >= 11 is 0. The smallest absolute Gasteiger partial charge is 0.255 e. The van der Waals surface area contributed by atoms with Crippen molar-refractivity contribution in [2.45, 2.75) is 6.54 Å². The van der Waals surface area contributed by atoms with Crippen LogP contribution < -0.4 is 21.5 Å². The van der Waals surface area contributed by atoms with Gasteiger partial charge in [0.2, 0.25) is 5.91 Å². The summed E-state index contributed by atoms with van der Waals surface area (Å²) in [5, 5.41) is 3.15. The van der Waals surface area contributed by atoms with Gasteiger partial charge in [0.05, 0.1) is 6.61 Å². The minimum absolute atomic E-state index is 0.0619. The van der Waals surface area contributed by atoms with E-state index in [9.17, 15) is 9.59 Å². The minimum Gasteiger partial charge on any atom is -0.484 e. The summed E-state index contributed by atoms with van der Waals surface area (Å²) in [4.78, 5) is 21.0. The summed E-state index contributed by atoms with van der Waals surface area (Å²) < 4.78 is 10.1. The summed E-state index contributed by atoms with van der Waals surface area (Å²) in [5.74, 6) is -0.388. The molecule has 0 saturated heterocycles. The quantitative estimate of drug-likeness (QED) is 0.483. The molecule has 0 aliphatic rings. The highest BCUT2D eigenvalue weighted by atomic mass is 16.5. The van der Waals surface area contributed by atoms with Gasteiger partial charge in [0.1, 0.15) is 12.4 Å². The lowest BCUT2D eigenvalue weighted by Crippen LogP contribution is -2.23. The molecule has 1 aromatic carbocycles. The van der Waals surface area contributed by atoms with Gasteiger partial charge < -0.3 is 26.3 Å². The number of rotatable bonds is 10. The van der Waals surface area contributed by atoms with Gasteiger partial charge in [-0.25, -0.2) is 0 Å². The molecule has 0 heterocycles. The van der Waals surface area contributed by atoms with E-state index in [1.54, 1.807) is 12.1 Å². The van der Waals surface area contributed by atoms with Crippen LogP contribution in [0.5, 0.6) is 5.75 Å². The van der Waals surface area contributed by atoms with Crippen LogP contribution in [0.15, 0.2) is 24.3 Å². The van der Waals surface area contributed by atoms with Gasteiger partial charge in [-0.3, -0.25) is 9.59 Å². The van der Waals surface area contributed by atoms with Crippen molar-refractivity contribution < 1.29 is 19.1 Å². The van der Waals surface area contributed by atoms with Crippen molar-refractivity contribution in [3.05, 3.63) is 29.8 Å². The molecule has 0 fully saturated rings. The van der Waals surface area contributed by atoms with Crippen LogP contribution in [0.2, 0.25) is 0 Å². The van der Waals surface area contributed by atoms with E-state index in [0.29, 0.717) is 25.4 Å². The van der Waals surface area contributed by atoms with Gasteiger partial charge in [-0.2, -0.15) is 0 Å². The van der Waals surface area contributed by atoms with Crippen LogP contribution in [0.1, 0.15) is 5.56 Å². The molecule has 1 rings (SSSR count). The molecule has 0 aliphatic carbocycles. The predicted molar refractivity (Wildman–Crippen MR) is 72.9 cm³/mol. The van der Waals surface area contributed by atoms with Crippen molar-refractivity contribution in [1.29, 1.82) is 0 Å². The molecule has 110 valence electrons. The number of ether oxygens (including phenoxy) is 2. The summed E-state index contributed by atoms with van der Waals surface area (Å²) in [6.45, 7) is 1.51. The summed E-state index contributed by atoms with van der Waals surface area (Å²) in [6.07, 6.45) is 0. The molecule has 0 spiro atoms. The molecule has 0 aliphatic heterocycles. The van der Waals surface area contributed by atoms with Crippen LogP contribution in [0.25, 0.3) is 0 Å². The first kappa shape index (κ1) is 15.9. The second kappa shape index (κ2) is 8.89. The van der Waals surface area contributed by atoms with Gasteiger partial charge in [-0.1, -0.05) is 12.1 Å². The Morgan fingerprint density at radius 2 is 1.70 bits per heavy atom. The number of carbonyl (C=O) groups is 2. The van der Waals surface area contributed by atoms with Crippen LogP contribution in [0.4, 0.5) is 0 Å². The van der Waals surface area contributed by atoms with Crippen LogP contribution >= 0.6 is 0 Å². The Morgan fingerprint density at radius 3 is 2.30 bits per heavy atom.